The van der Waals surface area contributed by atoms with Crippen molar-refractivity contribution in [3.8, 4) is 0 Å². The first-order valence-corrected chi connectivity index (χ1v) is 2.62. The number of hydrogen-bond acceptors (Lipinski definition) is 1. The van der Waals surface area contributed by atoms with E-state index >= 15 is 0 Å². The lowest BCUT2D eigenvalue weighted by atomic mass is 10.1. The van der Waals surface area contributed by atoms with Gasteiger partial charge in [0.2, 0.25) is 0 Å². The van der Waals surface area contributed by atoms with Crippen molar-refractivity contribution in [2.75, 3.05) is 0 Å². The third-order valence-electron chi connectivity index (χ3n) is 1.22. The van der Waals surface area contributed by atoms with Gasteiger partial charge in [0.1, 0.15) is 0 Å². The fourth-order valence-corrected chi connectivity index (χ4v) is 0.322. The Labute approximate surface area is 54.5 Å². The third kappa shape index (κ3) is 2.13. The molecule has 2 heteroatoms. The predicted octanol–water partition coefficient (Wildman–Crippen LogP) is 1.59. The van der Waals surface area contributed by atoms with Gasteiger partial charge in [0.15, 0.2) is 0 Å². The molecule has 0 rings (SSSR count). The van der Waals surface area contributed by atoms with E-state index in [1.54, 1.807) is 13.8 Å². The van der Waals surface area contributed by atoms with Crippen molar-refractivity contribution in [1.29, 1.82) is 0 Å². The van der Waals surface area contributed by atoms with Gasteiger partial charge < -0.3 is 5.11 Å². The minimum atomic E-state index is -0.882. The molecule has 0 bridgehead atoms. The first-order valence-electron chi connectivity index (χ1n) is 2.62. The van der Waals surface area contributed by atoms with Crippen LogP contribution in [0.4, 0.5) is 0 Å². The zero-order valence-electron chi connectivity index (χ0n) is 5.64. The van der Waals surface area contributed by atoms with Crippen molar-refractivity contribution in [3.05, 3.63) is 23.8 Å². The van der Waals surface area contributed by atoms with Gasteiger partial charge in [0.25, 0.3) is 0 Å². The van der Waals surface area contributed by atoms with Crippen LogP contribution < -0.4 is 0 Å². The van der Waals surface area contributed by atoms with Crippen LogP contribution in [0.3, 0.4) is 0 Å². The standard InChI is InChI=1S/C7H10O2/c1-4-5(2)6(3)7(8)9/h4H,1H2,2-3H3,(H,8,9). The summed E-state index contributed by atoms with van der Waals surface area (Å²) in [4.78, 5) is 10.2. The third-order valence-corrected chi connectivity index (χ3v) is 1.22. The van der Waals surface area contributed by atoms with Crippen molar-refractivity contribution < 1.29 is 9.90 Å². The fourth-order valence-electron chi connectivity index (χ4n) is 0.322. The molecule has 0 aromatic carbocycles. The smallest absolute Gasteiger partial charge is 0.331 e. The molecule has 0 aliphatic heterocycles. The molecule has 1 N–H and O–H groups in total. The Kier molecular flexibility index (Phi) is 2.71. The molecule has 0 aromatic heterocycles. The molecule has 50 valence electrons. The molecule has 0 aliphatic carbocycles. The monoisotopic (exact) mass is 126 g/mol. The number of carboxylic acid groups (broad SMARTS) is 1. The normalized spacial score (nSPS) is 12.2. The molecule has 0 spiro atoms. The minimum Gasteiger partial charge on any atom is -0.478 e. The molecule has 0 amide bonds. The molecule has 0 aromatic rings. The summed E-state index contributed by atoms with van der Waals surface area (Å²) in [5, 5.41) is 8.38. The van der Waals surface area contributed by atoms with Gasteiger partial charge in [0, 0.05) is 5.57 Å². The molecule has 9 heavy (non-hydrogen) atoms. The lowest BCUT2D eigenvalue weighted by Gasteiger charge is -1.94. The molecule has 0 saturated heterocycles. The molecule has 0 saturated carbocycles. The van der Waals surface area contributed by atoms with Crippen LogP contribution in [0.2, 0.25) is 0 Å². The van der Waals surface area contributed by atoms with Crippen LogP contribution in [0.5, 0.6) is 0 Å². The summed E-state index contributed by atoms with van der Waals surface area (Å²) < 4.78 is 0. The van der Waals surface area contributed by atoms with E-state index in [1.807, 2.05) is 0 Å². The molecule has 0 heterocycles. The fraction of sp³-hybridized carbons (Fsp3) is 0.286. The summed E-state index contributed by atoms with van der Waals surface area (Å²) in [7, 11) is 0. The first-order chi connectivity index (χ1) is 4.09. The molecule has 0 aliphatic rings. The van der Waals surface area contributed by atoms with E-state index in [0.717, 1.165) is 0 Å². The topological polar surface area (TPSA) is 37.3 Å². The van der Waals surface area contributed by atoms with E-state index < -0.39 is 5.97 Å². The molecular weight excluding hydrogens is 116 g/mol. The molecule has 0 atom stereocenters. The Bertz CT molecular complexity index is 166. The summed E-state index contributed by atoms with van der Waals surface area (Å²) >= 11 is 0. The highest BCUT2D eigenvalue weighted by molar-refractivity contribution is 5.87. The highest BCUT2D eigenvalue weighted by Crippen LogP contribution is 2.02. The van der Waals surface area contributed by atoms with Crippen LogP contribution >= 0.6 is 0 Å². The van der Waals surface area contributed by atoms with Gasteiger partial charge in [-0.05, 0) is 19.4 Å². The lowest BCUT2D eigenvalue weighted by molar-refractivity contribution is -0.132. The van der Waals surface area contributed by atoms with Crippen LogP contribution in [-0.4, -0.2) is 11.1 Å². The van der Waals surface area contributed by atoms with E-state index in [-0.39, 0.29) is 0 Å². The number of carbonyl (C=O) groups is 1. The van der Waals surface area contributed by atoms with E-state index in [9.17, 15) is 4.79 Å². The minimum absolute atomic E-state index is 0.352. The van der Waals surface area contributed by atoms with Gasteiger partial charge in [-0.15, -0.1) is 0 Å². The largest absolute Gasteiger partial charge is 0.478 e. The average molecular weight is 126 g/mol. The van der Waals surface area contributed by atoms with Gasteiger partial charge in [0.05, 0.1) is 0 Å². The average Bonchev–Trinajstić information content (AvgIpc) is 1.84. The molecule has 0 unspecified atom stereocenters. The summed E-state index contributed by atoms with van der Waals surface area (Å²) in [5.41, 5.74) is 1.06. The van der Waals surface area contributed by atoms with Crippen molar-refractivity contribution in [2.45, 2.75) is 13.8 Å². The van der Waals surface area contributed by atoms with Crippen LogP contribution in [0, 0.1) is 0 Å². The second kappa shape index (κ2) is 3.07. The zero-order valence-corrected chi connectivity index (χ0v) is 5.64. The van der Waals surface area contributed by atoms with Gasteiger partial charge in [-0.25, -0.2) is 4.79 Å². The molecule has 2 nitrogen and oxygen atoms in total. The summed E-state index contributed by atoms with van der Waals surface area (Å²) in [5.74, 6) is -0.882. The van der Waals surface area contributed by atoms with Crippen molar-refractivity contribution >= 4 is 5.97 Å². The maximum absolute atomic E-state index is 10.2. The highest BCUT2D eigenvalue weighted by Gasteiger charge is 2.00. The van der Waals surface area contributed by atoms with E-state index in [4.69, 9.17) is 5.11 Å². The van der Waals surface area contributed by atoms with Gasteiger partial charge >= 0.3 is 5.97 Å². The number of aliphatic carboxylic acids is 1. The van der Waals surface area contributed by atoms with E-state index in [0.29, 0.717) is 11.1 Å². The van der Waals surface area contributed by atoms with Gasteiger partial charge in [-0.3, -0.25) is 0 Å². The predicted molar refractivity (Wildman–Crippen MR) is 36.2 cm³/mol. The van der Waals surface area contributed by atoms with Crippen molar-refractivity contribution in [1.82, 2.24) is 0 Å². The van der Waals surface area contributed by atoms with Crippen LogP contribution in [-0.2, 0) is 4.79 Å². The quantitative estimate of drug-likeness (QED) is 0.450. The number of rotatable bonds is 2. The van der Waals surface area contributed by atoms with Crippen LogP contribution in [0.25, 0.3) is 0 Å². The highest BCUT2D eigenvalue weighted by atomic mass is 16.4. The summed E-state index contributed by atoms with van der Waals surface area (Å²) in [6.07, 6.45) is 1.53. The second-order valence-electron chi connectivity index (χ2n) is 1.82. The molecular formula is C7H10O2. The zero-order chi connectivity index (χ0) is 7.44. The molecule has 0 fully saturated rings. The summed E-state index contributed by atoms with van der Waals surface area (Å²) in [6.45, 7) is 6.72. The Morgan fingerprint density at radius 3 is 2.11 bits per heavy atom. The Morgan fingerprint density at radius 1 is 1.56 bits per heavy atom. The van der Waals surface area contributed by atoms with Gasteiger partial charge in [-0.2, -0.15) is 0 Å². The maximum Gasteiger partial charge on any atom is 0.331 e. The SMILES string of the molecule is C=CC(C)=C(C)C(=O)O. The Morgan fingerprint density at radius 2 is 2.00 bits per heavy atom. The first kappa shape index (κ1) is 7.95. The Hall–Kier alpha value is -1.05. The number of carboxylic acids is 1. The second-order valence-corrected chi connectivity index (χ2v) is 1.82. The van der Waals surface area contributed by atoms with Gasteiger partial charge in [-0.1, -0.05) is 12.7 Å². The maximum atomic E-state index is 10.2. The molecule has 0 radical (unpaired) electrons. The van der Waals surface area contributed by atoms with Crippen LogP contribution in [0.15, 0.2) is 23.8 Å². The number of hydrogen-bond donors (Lipinski definition) is 1. The van der Waals surface area contributed by atoms with E-state index in [1.165, 1.54) is 6.08 Å². The van der Waals surface area contributed by atoms with Crippen molar-refractivity contribution in [2.24, 2.45) is 0 Å². The van der Waals surface area contributed by atoms with Crippen molar-refractivity contribution in [3.63, 3.8) is 0 Å². The van der Waals surface area contributed by atoms with Crippen LogP contribution in [0.1, 0.15) is 13.8 Å². The number of allylic oxidation sites excluding steroid dienone is 2. The Balaban J connectivity index is 4.47. The lowest BCUT2D eigenvalue weighted by Crippen LogP contribution is -1.97. The van der Waals surface area contributed by atoms with E-state index in [2.05, 4.69) is 6.58 Å². The summed E-state index contributed by atoms with van der Waals surface area (Å²) in [6, 6.07) is 0.